The lowest BCUT2D eigenvalue weighted by Gasteiger charge is -2.33. The van der Waals surface area contributed by atoms with Crippen molar-refractivity contribution < 1.29 is 0 Å². The average molecular weight is 488 g/mol. The Kier molecular flexibility index (Phi) is 6.07. The fraction of sp³-hybridized carbons (Fsp3) is 0.333. The Morgan fingerprint density at radius 3 is 2.24 bits per heavy atom. The minimum absolute atomic E-state index is 0.829. The number of hydrogen-bond donors (Lipinski definition) is 0. The zero-order chi connectivity index (χ0) is 22.9. The Hall–Kier alpha value is -2.74. The topological polar surface area (TPSA) is 37.2 Å². The van der Waals surface area contributed by atoms with Crippen molar-refractivity contribution in [3.63, 3.8) is 0 Å². The van der Waals surface area contributed by atoms with Gasteiger partial charge in [-0.2, -0.15) is 0 Å². The number of benzene rings is 1. The Balaban J connectivity index is 1.09. The summed E-state index contributed by atoms with van der Waals surface area (Å²) in [7, 11) is 0. The van der Waals surface area contributed by atoms with Crippen LogP contribution in [0.15, 0.2) is 64.9 Å². The van der Waals surface area contributed by atoms with Gasteiger partial charge in [-0.25, -0.2) is 0 Å². The van der Waals surface area contributed by atoms with Crippen molar-refractivity contribution in [3.8, 4) is 5.69 Å². The van der Waals surface area contributed by atoms with Crippen molar-refractivity contribution >= 4 is 33.9 Å². The molecule has 0 N–H and O–H groups in total. The van der Waals surface area contributed by atoms with Gasteiger partial charge in [0, 0.05) is 35.0 Å². The van der Waals surface area contributed by atoms with Crippen molar-refractivity contribution in [2.45, 2.75) is 32.7 Å². The van der Waals surface area contributed by atoms with Crippen molar-refractivity contribution in [3.05, 3.63) is 86.3 Å². The third-order valence-corrected chi connectivity index (χ3v) is 8.71. The van der Waals surface area contributed by atoms with E-state index in [9.17, 15) is 0 Å². The van der Waals surface area contributed by atoms with E-state index in [0.29, 0.717) is 0 Å². The highest BCUT2D eigenvalue weighted by Crippen LogP contribution is 2.37. The second-order valence-electron chi connectivity index (χ2n) is 9.04. The number of para-hydroxylation sites is 2. The van der Waals surface area contributed by atoms with Crippen LogP contribution in [0.5, 0.6) is 0 Å². The summed E-state index contributed by atoms with van der Waals surface area (Å²) >= 11 is 3.73. The zero-order valence-corrected chi connectivity index (χ0v) is 21.1. The Morgan fingerprint density at radius 1 is 0.853 bits per heavy atom. The van der Waals surface area contributed by atoms with Crippen molar-refractivity contribution in [1.29, 1.82) is 0 Å². The molecule has 1 fully saturated rings. The van der Waals surface area contributed by atoms with Crippen LogP contribution in [0.4, 0.5) is 5.69 Å². The molecule has 6 rings (SSSR count). The number of piperidine rings is 1. The van der Waals surface area contributed by atoms with Gasteiger partial charge in [0.1, 0.15) is 5.82 Å². The number of fused-ring (bicyclic) bond motifs is 3. The summed E-state index contributed by atoms with van der Waals surface area (Å²) in [5, 5.41) is 13.1. The molecule has 34 heavy (non-hydrogen) atoms. The Bertz CT molecular complexity index is 1240. The minimum atomic E-state index is 0.829. The summed E-state index contributed by atoms with van der Waals surface area (Å²) in [4.78, 5) is 7.95. The van der Waals surface area contributed by atoms with Crippen LogP contribution < -0.4 is 4.90 Å². The minimum Gasteiger partial charge on any atom is -0.362 e. The smallest absolute Gasteiger partial charge is 0.157 e. The molecule has 4 aromatic rings. The predicted octanol–water partition coefficient (Wildman–Crippen LogP) is 6.01. The van der Waals surface area contributed by atoms with Crippen molar-refractivity contribution in [2.75, 3.05) is 31.1 Å². The fourth-order valence-electron chi connectivity index (χ4n) is 5.29. The molecule has 0 amide bonds. The molecule has 0 unspecified atom stereocenters. The van der Waals surface area contributed by atoms with Gasteiger partial charge in [0.15, 0.2) is 5.82 Å². The maximum atomic E-state index is 4.43. The predicted molar refractivity (Wildman–Crippen MR) is 142 cm³/mol. The van der Waals surface area contributed by atoms with Crippen LogP contribution in [0.3, 0.4) is 0 Å². The third kappa shape index (κ3) is 4.13. The summed E-state index contributed by atoms with van der Waals surface area (Å²) in [5.74, 6) is 2.00. The summed E-state index contributed by atoms with van der Waals surface area (Å²) in [6.07, 6.45) is 3.49. The molecule has 0 saturated carbocycles. The van der Waals surface area contributed by atoms with Crippen molar-refractivity contribution in [2.24, 2.45) is 0 Å². The molecule has 0 bridgehead atoms. The van der Waals surface area contributed by atoms with Crippen molar-refractivity contribution in [1.82, 2.24) is 19.7 Å². The molecule has 174 valence electrons. The van der Waals surface area contributed by atoms with E-state index in [4.69, 9.17) is 0 Å². The SMILES string of the molecule is Cc1nnc2n1-c1ccccc1N(CCCN1CCC(=C(c3cccs3)c3cccs3)CC1)C2. The zero-order valence-electron chi connectivity index (χ0n) is 19.5. The number of rotatable bonds is 6. The van der Waals surface area contributed by atoms with E-state index in [0.717, 1.165) is 50.8 Å². The average Bonchev–Trinajstić information content (AvgIpc) is 3.64. The van der Waals surface area contributed by atoms with Gasteiger partial charge in [-0.3, -0.25) is 4.57 Å². The van der Waals surface area contributed by atoms with Gasteiger partial charge >= 0.3 is 0 Å². The molecule has 7 heteroatoms. The summed E-state index contributed by atoms with van der Waals surface area (Å²) in [6.45, 7) is 7.35. The first-order chi connectivity index (χ1) is 16.8. The number of hydrogen-bond acceptors (Lipinski definition) is 6. The van der Waals surface area contributed by atoms with Gasteiger partial charge in [0.05, 0.1) is 17.9 Å². The van der Waals surface area contributed by atoms with Gasteiger partial charge < -0.3 is 9.80 Å². The molecule has 1 saturated heterocycles. The Labute approximate surface area is 209 Å². The molecule has 3 aromatic heterocycles. The molecule has 0 aliphatic carbocycles. The van der Waals surface area contributed by atoms with E-state index >= 15 is 0 Å². The molecule has 5 nitrogen and oxygen atoms in total. The molecule has 0 spiro atoms. The number of nitrogens with zero attached hydrogens (tertiary/aromatic N) is 5. The second kappa shape index (κ2) is 9.49. The Morgan fingerprint density at radius 2 is 1.56 bits per heavy atom. The van der Waals surface area contributed by atoms with E-state index in [1.54, 1.807) is 5.57 Å². The molecule has 0 radical (unpaired) electrons. The van der Waals surface area contributed by atoms with E-state index in [1.807, 2.05) is 29.6 Å². The van der Waals surface area contributed by atoms with Crippen LogP contribution in [0.2, 0.25) is 0 Å². The monoisotopic (exact) mass is 487 g/mol. The highest BCUT2D eigenvalue weighted by molar-refractivity contribution is 7.13. The quantitative estimate of drug-likeness (QED) is 0.334. The van der Waals surface area contributed by atoms with Gasteiger partial charge in [0.25, 0.3) is 0 Å². The van der Waals surface area contributed by atoms with Gasteiger partial charge in [-0.1, -0.05) is 29.8 Å². The van der Waals surface area contributed by atoms with Gasteiger partial charge in [-0.15, -0.1) is 32.9 Å². The first-order valence-electron chi connectivity index (χ1n) is 12.1. The van der Waals surface area contributed by atoms with E-state index in [2.05, 4.69) is 83.9 Å². The molecular weight excluding hydrogens is 458 g/mol. The molecule has 5 heterocycles. The van der Waals surface area contributed by atoms with Crippen LogP contribution in [0, 0.1) is 6.92 Å². The van der Waals surface area contributed by atoms with Crippen LogP contribution in [0.1, 0.15) is 40.7 Å². The number of anilines is 1. The van der Waals surface area contributed by atoms with Crippen LogP contribution in [0.25, 0.3) is 11.3 Å². The van der Waals surface area contributed by atoms with E-state index in [1.165, 1.54) is 39.5 Å². The summed E-state index contributed by atoms with van der Waals surface area (Å²) in [6, 6.07) is 17.5. The highest BCUT2D eigenvalue weighted by atomic mass is 32.1. The van der Waals surface area contributed by atoms with E-state index in [-0.39, 0.29) is 0 Å². The molecule has 2 aliphatic rings. The first kappa shape index (κ1) is 21.8. The second-order valence-corrected chi connectivity index (χ2v) is 10.9. The number of likely N-dealkylation sites (tertiary alicyclic amines) is 1. The molecule has 2 aliphatic heterocycles. The van der Waals surface area contributed by atoms with Gasteiger partial charge in [-0.05, 0) is 67.8 Å². The number of thiophene rings is 2. The standard InChI is InChI=1S/C27H29N5S2/c1-20-28-29-26-19-31(22-7-2-3-8-23(22)32(20)26)14-6-13-30-15-11-21(12-16-30)27(24-9-4-17-33-24)25-10-5-18-34-25/h2-5,7-10,17-18H,6,11-16,19H2,1H3. The lowest BCUT2D eigenvalue weighted by Crippen LogP contribution is -2.35. The lowest BCUT2D eigenvalue weighted by atomic mass is 9.95. The molecule has 0 atom stereocenters. The first-order valence-corrected chi connectivity index (χ1v) is 13.8. The maximum absolute atomic E-state index is 4.43. The molecule has 1 aromatic carbocycles. The van der Waals surface area contributed by atoms with Crippen LogP contribution >= 0.6 is 22.7 Å². The third-order valence-electron chi connectivity index (χ3n) is 6.94. The largest absolute Gasteiger partial charge is 0.362 e. The number of aryl methyl sites for hydroxylation is 1. The van der Waals surface area contributed by atoms with Gasteiger partial charge in [0.2, 0.25) is 0 Å². The maximum Gasteiger partial charge on any atom is 0.157 e. The number of aromatic nitrogens is 3. The normalized spacial score (nSPS) is 15.9. The summed E-state index contributed by atoms with van der Waals surface area (Å²) < 4.78 is 2.20. The summed E-state index contributed by atoms with van der Waals surface area (Å²) in [5.41, 5.74) is 5.61. The highest BCUT2D eigenvalue weighted by Gasteiger charge is 2.25. The van der Waals surface area contributed by atoms with E-state index < -0.39 is 0 Å². The van der Waals surface area contributed by atoms with Crippen LogP contribution in [-0.2, 0) is 6.54 Å². The fourth-order valence-corrected chi connectivity index (χ4v) is 7.02. The lowest BCUT2D eigenvalue weighted by molar-refractivity contribution is 0.254. The molecular formula is C27H29N5S2. The van der Waals surface area contributed by atoms with Crippen LogP contribution in [-0.4, -0.2) is 45.8 Å².